The van der Waals surface area contributed by atoms with E-state index in [0.717, 1.165) is 16.9 Å². The van der Waals surface area contributed by atoms with Gasteiger partial charge in [0, 0.05) is 12.5 Å². The van der Waals surface area contributed by atoms with Crippen LogP contribution in [0.15, 0.2) is 18.2 Å². The molecular formula is C12H18FNO. The Morgan fingerprint density at radius 3 is 2.73 bits per heavy atom. The third-order valence-corrected chi connectivity index (χ3v) is 2.26. The van der Waals surface area contributed by atoms with Gasteiger partial charge in [0.25, 0.3) is 0 Å². The summed E-state index contributed by atoms with van der Waals surface area (Å²) in [6.45, 7) is 4.00. The average molecular weight is 211 g/mol. The zero-order valence-electron chi connectivity index (χ0n) is 9.29. The number of nitrogens with two attached hydrogens (primary N) is 1. The van der Waals surface area contributed by atoms with Crippen LogP contribution in [0.4, 0.5) is 4.39 Å². The van der Waals surface area contributed by atoms with Gasteiger partial charge < -0.3 is 10.5 Å². The second-order valence-electron chi connectivity index (χ2n) is 3.70. The molecule has 1 aromatic carbocycles. The number of ether oxygens (including phenoxy) is 1. The van der Waals surface area contributed by atoms with E-state index in [-0.39, 0.29) is 12.7 Å². The zero-order chi connectivity index (χ0) is 11.3. The predicted octanol–water partition coefficient (Wildman–Crippen LogP) is 2.75. The second kappa shape index (κ2) is 5.71. The topological polar surface area (TPSA) is 35.2 Å². The monoisotopic (exact) mass is 211 g/mol. The number of hydrogen-bond acceptors (Lipinski definition) is 2. The van der Waals surface area contributed by atoms with E-state index >= 15 is 0 Å². The van der Waals surface area contributed by atoms with Crippen LogP contribution in [0.2, 0.25) is 0 Å². The lowest BCUT2D eigenvalue weighted by Crippen LogP contribution is -2.06. The van der Waals surface area contributed by atoms with Gasteiger partial charge in [0.05, 0.1) is 13.3 Å². The normalized spacial score (nSPS) is 12.5. The summed E-state index contributed by atoms with van der Waals surface area (Å²) in [5.41, 5.74) is 7.90. The Hall–Kier alpha value is -1.09. The van der Waals surface area contributed by atoms with Crippen molar-refractivity contribution in [2.45, 2.75) is 26.3 Å². The molecule has 0 bridgehead atoms. The first kappa shape index (κ1) is 12.0. The summed E-state index contributed by atoms with van der Waals surface area (Å²) >= 11 is 0. The van der Waals surface area contributed by atoms with E-state index in [0.29, 0.717) is 13.0 Å². The lowest BCUT2D eigenvalue weighted by Gasteiger charge is -2.11. The number of alkyl halides is 1. The summed E-state index contributed by atoms with van der Waals surface area (Å²) in [6.07, 6.45) is 0.439. The van der Waals surface area contributed by atoms with E-state index < -0.39 is 0 Å². The van der Waals surface area contributed by atoms with Crippen molar-refractivity contribution in [1.82, 2.24) is 0 Å². The van der Waals surface area contributed by atoms with Crippen molar-refractivity contribution < 1.29 is 9.13 Å². The fourth-order valence-corrected chi connectivity index (χ4v) is 1.35. The zero-order valence-corrected chi connectivity index (χ0v) is 9.29. The molecule has 0 saturated heterocycles. The molecule has 2 nitrogen and oxygen atoms in total. The molecule has 0 spiro atoms. The number of benzene rings is 1. The lowest BCUT2D eigenvalue weighted by molar-refractivity contribution is 0.288. The van der Waals surface area contributed by atoms with Crippen LogP contribution in [0.5, 0.6) is 5.75 Å². The summed E-state index contributed by atoms with van der Waals surface area (Å²) in [6, 6.07) is 5.88. The standard InChI is InChI=1S/C12H18FNO/c1-9-8-11(10(2)14)4-5-12(9)15-7-3-6-13/h4-5,8,10H,3,6-7,14H2,1-2H3/t10-/m0/s1. The van der Waals surface area contributed by atoms with Crippen LogP contribution < -0.4 is 10.5 Å². The molecule has 0 unspecified atom stereocenters. The highest BCUT2D eigenvalue weighted by Gasteiger charge is 2.03. The molecule has 2 N–H and O–H groups in total. The maximum Gasteiger partial charge on any atom is 0.122 e. The van der Waals surface area contributed by atoms with Gasteiger partial charge in [-0.3, -0.25) is 4.39 Å². The van der Waals surface area contributed by atoms with Crippen molar-refractivity contribution in [2.24, 2.45) is 5.73 Å². The van der Waals surface area contributed by atoms with Crippen molar-refractivity contribution in [2.75, 3.05) is 13.3 Å². The molecule has 0 fully saturated rings. The number of rotatable bonds is 5. The summed E-state index contributed by atoms with van der Waals surface area (Å²) in [7, 11) is 0. The van der Waals surface area contributed by atoms with Crippen LogP contribution in [0.3, 0.4) is 0 Å². The molecule has 1 atom stereocenters. The Bertz CT molecular complexity index is 312. The molecular weight excluding hydrogens is 193 g/mol. The predicted molar refractivity (Wildman–Crippen MR) is 59.9 cm³/mol. The molecule has 1 aromatic rings. The van der Waals surface area contributed by atoms with Crippen LogP contribution in [-0.4, -0.2) is 13.3 Å². The van der Waals surface area contributed by atoms with Gasteiger partial charge in [-0.1, -0.05) is 12.1 Å². The second-order valence-corrected chi connectivity index (χ2v) is 3.70. The van der Waals surface area contributed by atoms with Crippen LogP contribution >= 0.6 is 0 Å². The molecule has 1 rings (SSSR count). The van der Waals surface area contributed by atoms with Crippen molar-refractivity contribution in [3.8, 4) is 5.75 Å². The highest BCUT2D eigenvalue weighted by atomic mass is 19.1. The molecule has 0 amide bonds. The van der Waals surface area contributed by atoms with E-state index in [1.807, 2.05) is 32.0 Å². The van der Waals surface area contributed by atoms with E-state index in [2.05, 4.69) is 0 Å². The Balaban J connectivity index is 2.66. The van der Waals surface area contributed by atoms with E-state index in [9.17, 15) is 4.39 Å². The first-order valence-corrected chi connectivity index (χ1v) is 5.20. The minimum Gasteiger partial charge on any atom is -0.493 e. The molecule has 84 valence electrons. The van der Waals surface area contributed by atoms with Gasteiger partial charge in [-0.05, 0) is 31.0 Å². The largest absolute Gasteiger partial charge is 0.493 e. The SMILES string of the molecule is Cc1cc([C@H](C)N)ccc1OCCCF. The van der Waals surface area contributed by atoms with Gasteiger partial charge in [0.1, 0.15) is 5.75 Å². The van der Waals surface area contributed by atoms with Crippen LogP contribution in [0.1, 0.15) is 30.5 Å². The van der Waals surface area contributed by atoms with Crippen LogP contribution in [0.25, 0.3) is 0 Å². The smallest absolute Gasteiger partial charge is 0.122 e. The van der Waals surface area contributed by atoms with Crippen LogP contribution in [-0.2, 0) is 0 Å². The quantitative estimate of drug-likeness (QED) is 0.760. The average Bonchev–Trinajstić information content (AvgIpc) is 2.20. The highest BCUT2D eigenvalue weighted by Crippen LogP contribution is 2.21. The fraction of sp³-hybridized carbons (Fsp3) is 0.500. The number of aryl methyl sites for hydroxylation is 1. The maximum absolute atomic E-state index is 11.9. The van der Waals surface area contributed by atoms with E-state index in [1.54, 1.807) is 0 Å². The third kappa shape index (κ3) is 3.51. The van der Waals surface area contributed by atoms with Crippen molar-refractivity contribution >= 4 is 0 Å². The molecule has 0 heterocycles. The molecule has 0 aliphatic rings. The van der Waals surface area contributed by atoms with Gasteiger partial charge in [0.2, 0.25) is 0 Å². The van der Waals surface area contributed by atoms with Gasteiger partial charge >= 0.3 is 0 Å². The number of halogens is 1. The summed E-state index contributed by atoms with van der Waals surface area (Å²) in [4.78, 5) is 0. The Morgan fingerprint density at radius 1 is 1.47 bits per heavy atom. The van der Waals surface area contributed by atoms with Gasteiger partial charge in [0.15, 0.2) is 0 Å². The third-order valence-electron chi connectivity index (χ3n) is 2.26. The lowest BCUT2D eigenvalue weighted by atomic mass is 10.1. The summed E-state index contributed by atoms with van der Waals surface area (Å²) in [5.74, 6) is 0.813. The summed E-state index contributed by atoms with van der Waals surface area (Å²) in [5, 5.41) is 0. The van der Waals surface area contributed by atoms with Gasteiger partial charge in [-0.25, -0.2) is 0 Å². The Labute approximate surface area is 90.2 Å². The minimum absolute atomic E-state index is 0.0311. The Kier molecular flexibility index (Phi) is 4.56. The molecule has 0 saturated carbocycles. The van der Waals surface area contributed by atoms with Gasteiger partial charge in [-0.2, -0.15) is 0 Å². The van der Waals surface area contributed by atoms with Crippen LogP contribution in [0, 0.1) is 6.92 Å². The summed E-state index contributed by atoms with van der Waals surface area (Å²) < 4.78 is 17.3. The molecule has 0 radical (unpaired) electrons. The van der Waals surface area contributed by atoms with Crippen molar-refractivity contribution in [3.05, 3.63) is 29.3 Å². The molecule has 15 heavy (non-hydrogen) atoms. The molecule has 0 aromatic heterocycles. The Morgan fingerprint density at radius 2 is 2.20 bits per heavy atom. The maximum atomic E-state index is 11.9. The van der Waals surface area contributed by atoms with Crippen molar-refractivity contribution in [3.63, 3.8) is 0 Å². The molecule has 0 aliphatic carbocycles. The number of hydrogen-bond donors (Lipinski definition) is 1. The van der Waals surface area contributed by atoms with Gasteiger partial charge in [-0.15, -0.1) is 0 Å². The first-order chi connectivity index (χ1) is 7.15. The minimum atomic E-state index is -0.336. The fourth-order valence-electron chi connectivity index (χ4n) is 1.35. The van der Waals surface area contributed by atoms with E-state index in [1.165, 1.54) is 0 Å². The highest BCUT2D eigenvalue weighted by molar-refractivity contribution is 5.37. The van der Waals surface area contributed by atoms with Crippen molar-refractivity contribution in [1.29, 1.82) is 0 Å². The first-order valence-electron chi connectivity index (χ1n) is 5.20. The molecule has 3 heteroatoms. The van der Waals surface area contributed by atoms with E-state index in [4.69, 9.17) is 10.5 Å². The molecule has 0 aliphatic heterocycles.